The van der Waals surface area contributed by atoms with Gasteiger partial charge >= 0.3 is 11.9 Å². The molecule has 0 spiro atoms. The van der Waals surface area contributed by atoms with Crippen molar-refractivity contribution in [2.45, 2.75) is 69.9 Å². The van der Waals surface area contributed by atoms with Gasteiger partial charge in [-0.1, -0.05) is 33.8 Å². The highest BCUT2D eigenvalue weighted by atomic mass is 16.5. The van der Waals surface area contributed by atoms with E-state index in [-0.39, 0.29) is 10.8 Å². The Morgan fingerprint density at radius 3 is 2.20 bits per heavy atom. The summed E-state index contributed by atoms with van der Waals surface area (Å²) in [5.41, 5.74) is 8.03. The summed E-state index contributed by atoms with van der Waals surface area (Å²) in [4.78, 5) is 22.2. The molecular weight excluding hydrogens is 322 g/mol. The Bertz CT molecular complexity index is 680. The predicted octanol–water partition coefficient (Wildman–Crippen LogP) is 2.67. The smallest absolute Gasteiger partial charge is 0.324 e. The van der Waals surface area contributed by atoms with E-state index in [4.69, 9.17) is 20.7 Å². The first kappa shape index (κ1) is 19.2. The molecule has 1 aromatic rings. The van der Waals surface area contributed by atoms with Crippen LogP contribution in [0.1, 0.15) is 58.1 Å². The van der Waals surface area contributed by atoms with Gasteiger partial charge in [-0.2, -0.15) is 0 Å². The third kappa shape index (κ3) is 4.12. The maximum atomic E-state index is 11.1. The molecule has 0 heterocycles. The molecule has 1 aliphatic rings. The van der Waals surface area contributed by atoms with Crippen LogP contribution in [-0.2, 0) is 20.4 Å². The van der Waals surface area contributed by atoms with Crippen molar-refractivity contribution in [3.05, 3.63) is 29.3 Å². The number of ether oxygens (including phenoxy) is 1. The molecule has 1 aromatic carbocycles. The summed E-state index contributed by atoms with van der Waals surface area (Å²) >= 11 is 0. The summed E-state index contributed by atoms with van der Waals surface area (Å²) in [6, 6.07) is 4.26. The van der Waals surface area contributed by atoms with Crippen molar-refractivity contribution in [1.29, 1.82) is 0 Å². The van der Waals surface area contributed by atoms with Gasteiger partial charge in [0.05, 0.1) is 6.42 Å². The van der Waals surface area contributed by atoms with Crippen molar-refractivity contribution in [1.82, 2.24) is 0 Å². The van der Waals surface area contributed by atoms with E-state index in [1.54, 1.807) is 6.07 Å². The summed E-state index contributed by atoms with van der Waals surface area (Å²) in [6.45, 7) is 8.75. The Kier molecular flexibility index (Phi) is 5.14. The van der Waals surface area contributed by atoms with Gasteiger partial charge in [0.25, 0.3) is 0 Å². The first-order valence-electron chi connectivity index (χ1n) is 8.46. The molecular formula is C19H27NO5. The topological polar surface area (TPSA) is 110 Å². The van der Waals surface area contributed by atoms with Crippen LogP contribution in [0.4, 0.5) is 0 Å². The maximum absolute atomic E-state index is 11.1. The van der Waals surface area contributed by atoms with Crippen molar-refractivity contribution in [2.24, 2.45) is 5.73 Å². The van der Waals surface area contributed by atoms with Gasteiger partial charge in [0, 0.05) is 0 Å². The number of fused-ring (bicyclic) bond motifs is 1. The third-order valence-corrected chi connectivity index (χ3v) is 5.17. The molecule has 0 saturated carbocycles. The maximum Gasteiger partial charge on any atom is 0.324 e. The zero-order valence-electron chi connectivity index (χ0n) is 15.2. The molecule has 6 heteroatoms. The Balaban J connectivity index is 2.37. The van der Waals surface area contributed by atoms with Crippen molar-refractivity contribution < 1.29 is 24.5 Å². The normalized spacial score (nSPS) is 20.2. The number of hydrogen-bond donors (Lipinski definition) is 3. The largest absolute Gasteiger partial charge is 0.488 e. The monoisotopic (exact) mass is 349 g/mol. The predicted molar refractivity (Wildman–Crippen MR) is 94.0 cm³/mol. The Labute approximate surface area is 148 Å². The van der Waals surface area contributed by atoms with Gasteiger partial charge in [-0.15, -0.1) is 0 Å². The summed E-state index contributed by atoms with van der Waals surface area (Å²) in [5, 5.41) is 18.1. The van der Waals surface area contributed by atoms with Crippen molar-refractivity contribution in [3.63, 3.8) is 0 Å². The van der Waals surface area contributed by atoms with E-state index in [9.17, 15) is 9.59 Å². The van der Waals surface area contributed by atoms with Crippen LogP contribution >= 0.6 is 0 Å². The van der Waals surface area contributed by atoms with Crippen LogP contribution in [0.25, 0.3) is 0 Å². The fourth-order valence-corrected chi connectivity index (χ4v) is 3.39. The Morgan fingerprint density at radius 2 is 1.68 bits per heavy atom. The number of carboxylic acids is 2. The quantitative estimate of drug-likeness (QED) is 0.728. The lowest BCUT2D eigenvalue weighted by Gasteiger charge is -2.42. The zero-order chi connectivity index (χ0) is 19.0. The zero-order valence-corrected chi connectivity index (χ0v) is 15.2. The van der Waals surface area contributed by atoms with Gasteiger partial charge in [0.15, 0.2) is 0 Å². The number of carboxylic acid groups (broad SMARTS) is 2. The molecule has 0 aromatic heterocycles. The molecule has 0 fully saturated rings. The second-order valence-electron chi connectivity index (χ2n) is 8.09. The van der Waals surface area contributed by atoms with E-state index in [1.165, 1.54) is 5.56 Å². The highest BCUT2D eigenvalue weighted by Gasteiger charge is 2.37. The number of nitrogens with two attached hydrogens (primary N) is 1. The summed E-state index contributed by atoms with van der Waals surface area (Å²) in [5.74, 6) is -1.99. The second-order valence-corrected chi connectivity index (χ2v) is 8.09. The first-order valence-corrected chi connectivity index (χ1v) is 8.46. The molecule has 0 radical (unpaired) electrons. The molecule has 6 nitrogen and oxygen atoms in total. The second kappa shape index (κ2) is 6.67. The fraction of sp³-hybridized carbons (Fsp3) is 0.579. The molecule has 4 N–H and O–H groups in total. The van der Waals surface area contributed by atoms with Gasteiger partial charge in [0.1, 0.15) is 17.9 Å². The number of rotatable bonds is 6. The number of aliphatic carboxylic acids is 2. The van der Waals surface area contributed by atoms with Crippen molar-refractivity contribution >= 4 is 11.9 Å². The highest BCUT2D eigenvalue weighted by molar-refractivity contribution is 5.76. The van der Waals surface area contributed by atoms with E-state index in [1.807, 2.05) is 12.1 Å². The minimum absolute atomic E-state index is 0.0264. The van der Waals surface area contributed by atoms with Crippen LogP contribution in [0.5, 0.6) is 5.75 Å². The van der Waals surface area contributed by atoms with Gasteiger partial charge in [0.2, 0.25) is 0 Å². The van der Waals surface area contributed by atoms with Crippen molar-refractivity contribution in [3.8, 4) is 5.75 Å². The highest BCUT2D eigenvalue weighted by Crippen LogP contribution is 2.46. The van der Waals surface area contributed by atoms with E-state index in [0.717, 1.165) is 18.4 Å². The standard InChI is InChI=1S/C19H27NO5/c1-18(2)7-8-19(3,4)13-9-11(5-6-12(13)18)25-14(10-15(21)22)16(20)17(23)24/h5-6,9,14,16H,7-8,10,20H2,1-4H3,(H,21,22)(H,23,24)/t14?,16-/m0/s1. The SMILES string of the molecule is CC1(C)CCC(C)(C)c2cc(OC(CC(=O)O)[C@H](N)C(=O)O)ccc21. The van der Waals surface area contributed by atoms with Crippen molar-refractivity contribution in [2.75, 3.05) is 0 Å². The molecule has 0 saturated heterocycles. The lowest BCUT2D eigenvalue weighted by atomic mass is 9.63. The van der Waals surface area contributed by atoms with Crippen LogP contribution in [0, 0.1) is 0 Å². The van der Waals surface area contributed by atoms with Crippen LogP contribution in [0.2, 0.25) is 0 Å². The number of hydrogen-bond acceptors (Lipinski definition) is 4. The first-order chi connectivity index (χ1) is 11.4. The van der Waals surface area contributed by atoms with Crippen LogP contribution in [0.15, 0.2) is 18.2 Å². The van der Waals surface area contributed by atoms with E-state index in [2.05, 4.69) is 27.7 Å². The summed E-state index contributed by atoms with van der Waals surface area (Å²) in [7, 11) is 0. The molecule has 1 aliphatic carbocycles. The molecule has 1 unspecified atom stereocenters. The lowest BCUT2D eigenvalue weighted by Crippen LogP contribution is -2.46. The van der Waals surface area contributed by atoms with E-state index in [0.29, 0.717) is 5.75 Å². The lowest BCUT2D eigenvalue weighted by molar-refractivity contribution is -0.143. The third-order valence-electron chi connectivity index (χ3n) is 5.17. The van der Waals surface area contributed by atoms with Gasteiger partial charge in [-0.05, 0) is 46.9 Å². The fourth-order valence-electron chi connectivity index (χ4n) is 3.39. The van der Waals surface area contributed by atoms with Crippen LogP contribution < -0.4 is 10.5 Å². The number of carbonyl (C=O) groups is 2. The average molecular weight is 349 g/mol. The minimum Gasteiger partial charge on any atom is -0.488 e. The number of benzene rings is 1. The molecule has 2 atom stereocenters. The molecule has 2 rings (SSSR count). The summed E-state index contributed by atoms with van der Waals surface area (Å²) in [6.07, 6.45) is 0.509. The van der Waals surface area contributed by atoms with Crippen LogP contribution in [0.3, 0.4) is 0 Å². The minimum atomic E-state index is -1.41. The Morgan fingerprint density at radius 1 is 1.12 bits per heavy atom. The molecule has 25 heavy (non-hydrogen) atoms. The van der Waals surface area contributed by atoms with Gasteiger partial charge in [-0.3, -0.25) is 9.59 Å². The van der Waals surface area contributed by atoms with E-state index >= 15 is 0 Å². The van der Waals surface area contributed by atoms with E-state index < -0.39 is 30.5 Å². The van der Waals surface area contributed by atoms with Gasteiger partial charge in [-0.25, -0.2) is 0 Å². The average Bonchev–Trinajstić information content (AvgIpc) is 2.50. The summed E-state index contributed by atoms with van der Waals surface area (Å²) < 4.78 is 5.69. The molecule has 138 valence electrons. The molecule has 0 amide bonds. The van der Waals surface area contributed by atoms with Crippen LogP contribution in [-0.4, -0.2) is 34.3 Å². The van der Waals surface area contributed by atoms with Gasteiger partial charge < -0.3 is 20.7 Å². The molecule has 0 aliphatic heterocycles. The molecule has 0 bridgehead atoms. The Hall–Kier alpha value is -2.08.